The zero-order valence-corrected chi connectivity index (χ0v) is 14.3. The van der Waals surface area contributed by atoms with E-state index in [0.29, 0.717) is 5.75 Å². The minimum Gasteiger partial charge on any atom is -0.507 e. The van der Waals surface area contributed by atoms with Gasteiger partial charge in [-0.05, 0) is 11.6 Å². The number of ketones is 1. The van der Waals surface area contributed by atoms with E-state index >= 15 is 0 Å². The fourth-order valence-electron chi connectivity index (χ4n) is 1.92. The number of carbonyl (C=O) groups is 1. The van der Waals surface area contributed by atoms with Crippen molar-refractivity contribution in [2.45, 2.75) is 0 Å². The topological polar surface area (TPSA) is 55.8 Å². The molecule has 1 N–H and O–H groups in total. The number of phenolic OH excluding ortho intramolecular Hbond substituents is 1. The Morgan fingerprint density at radius 1 is 1.04 bits per heavy atom. The lowest BCUT2D eigenvalue weighted by atomic mass is 10.1. The van der Waals surface area contributed by atoms with Crippen LogP contribution in [0.15, 0.2) is 48.5 Å². The van der Waals surface area contributed by atoms with E-state index in [9.17, 15) is 9.90 Å². The van der Waals surface area contributed by atoms with Crippen LogP contribution in [0.4, 0.5) is 0 Å². The number of allylic oxidation sites excluding steroid dienone is 1. The molecule has 0 atom stereocenters. The highest BCUT2D eigenvalue weighted by Crippen LogP contribution is 2.33. The monoisotopic (exact) mass is 356 g/mol. The van der Waals surface area contributed by atoms with Crippen molar-refractivity contribution in [3.05, 3.63) is 59.7 Å². The minimum absolute atomic E-state index is 0. The molecule has 0 amide bonds. The summed E-state index contributed by atoms with van der Waals surface area (Å²) in [6.45, 7) is 0. The molecule has 0 aliphatic carbocycles. The summed E-state index contributed by atoms with van der Waals surface area (Å²) in [5.74, 6) is 0.187. The van der Waals surface area contributed by atoms with Crippen LogP contribution in [0.3, 0.4) is 0 Å². The Bertz CT molecular complexity index is 670. The average Bonchev–Trinajstić information content (AvgIpc) is 2.52. The number of ether oxygens (including phenoxy) is 2. The number of benzene rings is 2. The molecule has 2 aromatic rings. The Morgan fingerprint density at radius 2 is 1.70 bits per heavy atom. The third kappa shape index (κ3) is 5.20. The molecule has 0 spiro atoms. The molecule has 0 bridgehead atoms. The Morgan fingerprint density at radius 3 is 2.26 bits per heavy atom. The fourth-order valence-corrected chi connectivity index (χ4v) is 1.92. The van der Waals surface area contributed by atoms with E-state index < -0.39 is 0 Å². The SMILES string of the molecule is COc1cc(O)c(C(=O)C=Cc2ccccc2)c(OC)c1.Cl.Cl. The van der Waals surface area contributed by atoms with Crippen molar-refractivity contribution < 1.29 is 19.4 Å². The van der Waals surface area contributed by atoms with E-state index in [0.717, 1.165) is 5.56 Å². The molecule has 0 aliphatic heterocycles. The second-order valence-electron chi connectivity index (χ2n) is 4.33. The van der Waals surface area contributed by atoms with Gasteiger partial charge in [-0.3, -0.25) is 4.79 Å². The van der Waals surface area contributed by atoms with Gasteiger partial charge in [0.2, 0.25) is 0 Å². The third-order valence-electron chi connectivity index (χ3n) is 2.98. The van der Waals surface area contributed by atoms with Crippen LogP contribution in [0.25, 0.3) is 6.08 Å². The van der Waals surface area contributed by atoms with Gasteiger partial charge in [0.05, 0.1) is 14.2 Å². The zero-order chi connectivity index (χ0) is 15.2. The lowest BCUT2D eigenvalue weighted by molar-refractivity contribution is 0.104. The molecule has 0 aromatic heterocycles. The lowest BCUT2D eigenvalue weighted by Gasteiger charge is -2.10. The number of halogens is 2. The molecule has 2 aromatic carbocycles. The molecular weight excluding hydrogens is 339 g/mol. The van der Waals surface area contributed by atoms with Crippen LogP contribution in [-0.4, -0.2) is 25.1 Å². The standard InChI is InChI=1S/C17H16O4.2ClH/c1-20-13-10-15(19)17(16(11-13)21-2)14(18)9-8-12-6-4-3-5-7-12;;/h3-11,19H,1-2H3;2*1H. The first-order valence-corrected chi connectivity index (χ1v) is 6.38. The molecule has 124 valence electrons. The van der Waals surface area contributed by atoms with E-state index in [2.05, 4.69) is 0 Å². The summed E-state index contributed by atoms with van der Waals surface area (Å²) >= 11 is 0. The summed E-state index contributed by atoms with van der Waals surface area (Å²) < 4.78 is 10.2. The van der Waals surface area contributed by atoms with Gasteiger partial charge in [0, 0.05) is 12.1 Å². The van der Waals surface area contributed by atoms with E-state index in [-0.39, 0.29) is 47.7 Å². The molecule has 6 heteroatoms. The van der Waals surface area contributed by atoms with Gasteiger partial charge in [0.15, 0.2) is 5.78 Å². The van der Waals surface area contributed by atoms with Crippen molar-refractivity contribution in [3.63, 3.8) is 0 Å². The largest absolute Gasteiger partial charge is 0.507 e. The maximum atomic E-state index is 12.3. The Kier molecular flexibility index (Phi) is 8.85. The van der Waals surface area contributed by atoms with Crippen LogP contribution in [0.1, 0.15) is 15.9 Å². The summed E-state index contributed by atoms with van der Waals surface area (Å²) in [5.41, 5.74) is 1.02. The van der Waals surface area contributed by atoms with E-state index in [1.165, 1.54) is 26.4 Å². The molecule has 0 saturated carbocycles. The van der Waals surface area contributed by atoms with E-state index in [1.807, 2.05) is 30.3 Å². The molecule has 0 radical (unpaired) electrons. The molecule has 2 rings (SSSR count). The van der Waals surface area contributed by atoms with Crippen molar-refractivity contribution in [2.24, 2.45) is 0 Å². The van der Waals surface area contributed by atoms with Gasteiger partial charge in [-0.1, -0.05) is 36.4 Å². The third-order valence-corrected chi connectivity index (χ3v) is 2.98. The highest BCUT2D eigenvalue weighted by Gasteiger charge is 2.17. The number of rotatable bonds is 5. The van der Waals surface area contributed by atoms with Gasteiger partial charge in [0.1, 0.15) is 22.8 Å². The first kappa shape index (κ1) is 20.8. The highest BCUT2D eigenvalue weighted by molar-refractivity contribution is 6.10. The number of aromatic hydroxyl groups is 1. The summed E-state index contributed by atoms with van der Waals surface area (Å²) in [7, 11) is 2.91. The Balaban J connectivity index is 0.00000242. The lowest BCUT2D eigenvalue weighted by Crippen LogP contribution is -2.00. The molecule has 0 heterocycles. The quantitative estimate of drug-likeness (QED) is 0.645. The van der Waals surface area contributed by atoms with Crippen LogP contribution in [0, 0.1) is 0 Å². The summed E-state index contributed by atoms with van der Waals surface area (Å²) in [6, 6.07) is 12.4. The molecule has 0 saturated heterocycles. The molecule has 4 nitrogen and oxygen atoms in total. The Hall–Kier alpha value is -2.17. The maximum Gasteiger partial charge on any atom is 0.193 e. The molecule has 0 unspecified atom stereocenters. The predicted octanol–water partition coefficient (Wildman–Crippen LogP) is 4.15. The van der Waals surface area contributed by atoms with Crippen molar-refractivity contribution in [1.82, 2.24) is 0 Å². The van der Waals surface area contributed by atoms with Crippen LogP contribution < -0.4 is 9.47 Å². The maximum absolute atomic E-state index is 12.3. The van der Waals surface area contributed by atoms with Crippen LogP contribution in [-0.2, 0) is 0 Å². The van der Waals surface area contributed by atoms with Crippen molar-refractivity contribution in [1.29, 1.82) is 0 Å². The predicted molar refractivity (Wildman–Crippen MR) is 95.5 cm³/mol. The number of phenols is 1. The molecule has 0 fully saturated rings. The second kappa shape index (κ2) is 9.77. The smallest absolute Gasteiger partial charge is 0.193 e. The first-order valence-electron chi connectivity index (χ1n) is 6.38. The van der Waals surface area contributed by atoms with Crippen LogP contribution >= 0.6 is 24.8 Å². The fraction of sp³-hybridized carbons (Fsp3) is 0.118. The van der Waals surface area contributed by atoms with Gasteiger partial charge >= 0.3 is 0 Å². The second-order valence-corrected chi connectivity index (χ2v) is 4.33. The summed E-state index contributed by atoms with van der Waals surface area (Å²) in [6.07, 6.45) is 3.09. The number of hydrogen-bond acceptors (Lipinski definition) is 4. The number of hydrogen-bond donors (Lipinski definition) is 1. The normalized spacial score (nSPS) is 9.65. The highest BCUT2D eigenvalue weighted by atomic mass is 35.5. The van der Waals surface area contributed by atoms with Crippen LogP contribution in [0.5, 0.6) is 17.2 Å². The van der Waals surface area contributed by atoms with Gasteiger partial charge < -0.3 is 14.6 Å². The van der Waals surface area contributed by atoms with Gasteiger partial charge in [0.25, 0.3) is 0 Å². The summed E-state index contributed by atoms with van der Waals surface area (Å²) in [4.78, 5) is 12.3. The van der Waals surface area contributed by atoms with Crippen molar-refractivity contribution in [3.8, 4) is 17.2 Å². The van der Waals surface area contributed by atoms with Gasteiger partial charge in [-0.15, -0.1) is 24.8 Å². The zero-order valence-electron chi connectivity index (χ0n) is 12.7. The minimum atomic E-state index is -0.337. The molecule has 23 heavy (non-hydrogen) atoms. The molecule has 0 aliphatic rings. The Labute approximate surface area is 147 Å². The molecular formula is C17H18Cl2O4. The summed E-state index contributed by atoms with van der Waals surface area (Å²) in [5, 5.41) is 9.99. The first-order chi connectivity index (χ1) is 10.2. The van der Waals surface area contributed by atoms with Crippen LogP contribution in [0.2, 0.25) is 0 Å². The van der Waals surface area contributed by atoms with E-state index in [1.54, 1.807) is 12.1 Å². The number of methoxy groups -OCH3 is 2. The van der Waals surface area contributed by atoms with Crippen molar-refractivity contribution >= 4 is 36.7 Å². The van der Waals surface area contributed by atoms with E-state index in [4.69, 9.17) is 9.47 Å². The van der Waals surface area contributed by atoms with Gasteiger partial charge in [-0.25, -0.2) is 0 Å². The average molecular weight is 357 g/mol. The number of carbonyl (C=O) groups excluding carboxylic acids is 1. The van der Waals surface area contributed by atoms with Gasteiger partial charge in [-0.2, -0.15) is 0 Å². The van der Waals surface area contributed by atoms with Crippen molar-refractivity contribution in [2.75, 3.05) is 14.2 Å².